The van der Waals surface area contributed by atoms with Crippen molar-refractivity contribution in [1.29, 1.82) is 0 Å². The Morgan fingerprint density at radius 1 is 1.24 bits per heavy atom. The number of nitrogens with one attached hydrogen (secondary N) is 2. The van der Waals surface area contributed by atoms with Crippen LogP contribution in [0.1, 0.15) is 12.8 Å². The number of rotatable bonds is 6. The molecule has 1 aromatic rings. The fourth-order valence-corrected chi connectivity index (χ4v) is 6.09. The molecule has 29 heavy (non-hydrogen) atoms. The van der Waals surface area contributed by atoms with Gasteiger partial charge in [0.15, 0.2) is 5.96 Å². The van der Waals surface area contributed by atoms with Crippen molar-refractivity contribution in [2.75, 3.05) is 61.9 Å². The lowest BCUT2D eigenvalue weighted by Crippen LogP contribution is -2.50. The minimum atomic E-state index is -3.22. The van der Waals surface area contributed by atoms with Crippen LogP contribution in [0.2, 0.25) is 0 Å². The number of piperidine rings is 1. The zero-order valence-corrected chi connectivity index (χ0v) is 18.4. The maximum absolute atomic E-state index is 13.4. The van der Waals surface area contributed by atoms with Crippen LogP contribution in [0.15, 0.2) is 29.3 Å². The fourth-order valence-electron chi connectivity index (χ4n) is 3.60. The Bertz CT molecular complexity index is 792. The molecular weight excluding hydrogens is 413 g/mol. The predicted octanol–water partition coefficient (Wildman–Crippen LogP) is 1.34. The smallest absolute Gasteiger partial charge is 0.215 e. The lowest BCUT2D eigenvalue weighted by atomic mass is 10.0. The minimum absolute atomic E-state index is 0.0659. The molecule has 0 bridgehead atoms. The van der Waals surface area contributed by atoms with Crippen LogP contribution in [-0.2, 0) is 10.0 Å². The highest BCUT2D eigenvalue weighted by atomic mass is 32.2. The van der Waals surface area contributed by atoms with Crippen molar-refractivity contribution in [3.05, 3.63) is 30.1 Å². The molecule has 2 N–H and O–H groups in total. The van der Waals surface area contributed by atoms with Crippen LogP contribution in [0.3, 0.4) is 0 Å². The van der Waals surface area contributed by atoms with Crippen molar-refractivity contribution in [3.8, 4) is 0 Å². The fraction of sp³-hybridized carbons (Fsp3) is 0.632. The van der Waals surface area contributed by atoms with Gasteiger partial charge in [-0.2, -0.15) is 11.8 Å². The molecule has 0 saturated carbocycles. The van der Waals surface area contributed by atoms with Crippen molar-refractivity contribution in [1.82, 2.24) is 14.9 Å². The standard InChI is InChI=1S/C19H30FN5O2S2/c1-21-19(22-7-14-29(26,27)25-10-12-28-13-11-25)23-17-5-8-24(9-6-17)18-4-2-3-16(20)15-18/h2-4,15,17H,5-14H2,1H3,(H2,21,22,23). The molecule has 7 nitrogen and oxygen atoms in total. The number of benzene rings is 1. The van der Waals surface area contributed by atoms with Crippen molar-refractivity contribution < 1.29 is 12.8 Å². The molecule has 0 atom stereocenters. The first-order valence-electron chi connectivity index (χ1n) is 10.0. The molecule has 2 fully saturated rings. The topological polar surface area (TPSA) is 77.0 Å². The molecular formula is C19H30FN5O2S2. The van der Waals surface area contributed by atoms with E-state index in [9.17, 15) is 12.8 Å². The third kappa shape index (κ3) is 6.48. The van der Waals surface area contributed by atoms with E-state index in [0.29, 0.717) is 25.6 Å². The lowest BCUT2D eigenvalue weighted by Gasteiger charge is -2.34. The SMILES string of the molecule is CN=C(NCCS(=O)(=O)N1CCSCC1)NC1CCN(c2cccc(F)c2)CC1. The molecule has 0 unspecified atom stereocenters. The Balaban J connectivity index is 1.41. The third-order valence-corrected chi connectivity index (χ3v) is 8.06. The summed E-state index contributed by atoms with van der Waals surface area (Å²) in [6.45, 7) is 3.19. The predicted molar refractivity (Wildman–Crippen MR) is 119 cm³/mol. The summed E-state index contributed by atoms with van der Waals surface area (Å²) in [4.78, 5) is 6.40. The number of aliphatic imine (C=N–C) groups is 1. The monoisotopic (exact) mass is 443 g/mol. The summed E-state index contributed by atoms with van der Waals surface area (Å²) in [5, 5.41) is 6.51. The molecule has 2 aliphatic heterocycles. The maximum Gasteiger partial charge on any atom is 0.215 e. The average molecular weight is 444 g/mol. The number of halogens is 1. The van der Waals surface area contributed by atoms with Gasteiger partial charge in [0.1, 0.15) is 5.82 Å². The van der Waals surface area contributed by atoms with Crippen LogP contribution >= 0.6 is 11.8 Å². The second kappa shape index (κ2) is 10.5. The highest BCUT2D eigenvalue weighted by molar-refractivity contribution is 7.99. The van der Waals surface area contributed by atoms with Gasteiger partial charge in [-0.15, -0.1) is 0 Å². The van der Waals surface area contributed by atoms with E-state index >= 15 is 0 Å². The second-order valence-electron chi connectivity index (χ2n) is 7.21. The van der Waals surface area contributed by atoms with Crippen LogP contribution in [-0.4, -0.2) is 81.8 Å². The average Bonchev–Trinajstić information content (AvgIpc) is 2.74. The van der Waals surface area contributed by atoms with E-state index < -0.39 is 10.0 Å². The van der Waals surface area contributed by atoms with E-state index in [0.717, 1.165) is 43.1 Å². The van der Waals surface area contributed by atoms with Crippen LogP contribution in [0.5, 0.6) is 0 Å². The molecule has 3 rings (SSSR count). The Hall–Kier alpha value is -1.52. The minimum Gasteiger partial charge on any atom is -0.371 e. The van der Waals surface area contributed by atoms with Gasteiger partial charge in [0.25, 0.3) is 0 Å². The number of hydrogen-bond donors (Lipinski definition) is 2. The summed E-state index contributed by atoms with van der Waals surface area (Å²) < 4.78 is 39.9. The zero-order valence-electron chi connectivity index (χ0n) is 16.8. The Morgan fingerprint density at radius 2 is 1.97 bits per heavy atom. The summed E-state index contributed by atoms with van der Waals surface area (Å²) >= 11 is 1.79. The van der Waals surface area contributed by atoms with Gasteiger partial charge in [-0.3, -0.25) is 4.99 Å². The highest BCUT2D eigenvalue weighted by Gasteiger charge is 2.24. The quantitative estimate of drug-likeness (QED) is 0.510. The zero-order chi connectivity index (χ0) is 20.7. The Labute approximate surface area is 177 Å². The molecule has 1 aromatic carbocycles. The number of guanidine groups is 1. The van der Waals surface area contributed by atoms with Crippen molar-refractivity contribution in [3.63, 3.8) is 0 Å². The number of thioether (sulfide) groups is 1. The molecule has 2 aliphatic rings. The number of anilines is 1. The normalized spacial score (nSPS) is 19.9. The first-order chi connectivity index (χ1) is 14.0. The first kappa shape index (κ1) is 22.2. The second-order valence-corrected chi connectivity index (χ2v) is 10.5. The van der Waals surface area contributed by atoms with Crippen LogP contribution < -0.4 is 15.5 Å². The summed E-state index contributed by atoms with van der Waals surface area (Å²) in [7, 11) is -1.54. The molecule has 0 amide bonds. The molecule has 0 aliphatic carbocycles. The summed E-state index contributed by atoms with van der Waals surface area (Å²) in [5.74, 6) is 2.20. The van der Waals surface area contributed by atoms with Gasteiger partial charge in [-0.05, 0) is 31.0 Å². The first-order valence-corrected chi connectivity index (χ1v) is 12.8. The molecule has 0 radical (unpaired) electrons. The number of nitrogens with zero attached hydrogens (tertiary/aromatic N) is 3. The largest absolute Gasteiger partial charge is 0.371 e. The van der Waals surface area contributed by atoms with Crippen molar-refractivity contribution in [2.45, 2.75) is 18.9 Å². The lowest BCUT2D eigenvalue weighted by molar-refractivity contribution is 0.442. The molecule has 0 aromatic heterocycles. The Kier molecular flexibility index (Phi) is 8.02. The third-order valence-electron chi connectivity index (χ3n) is 5.25. The van der Waals surface area contributed by atoms with Crippen molar-refractivity contribution >= 4 is 33.4 Å². The van der Waals surface area contributed by atoms with Gasteiger partial charge in [0.05, 0.1) is 5.75 Å². The van der Waals surface area contributed by atoms with E-state index in [-0.39, 0.29) is 17.6 Å². The van der Waals surface area contributed by atoms with Gasteiger partial charge in [0, 0.05) is 63.0 Å². The van der Waals surface area contributed by atoms with Gasteiger partial charge >= 0.3 is 0 Å². The molecule has 2 saturated heterocycles. The highest BCUT2D eigenvalue weighted by Crippen LogP contribution is 2.20. The van der Waals surface area contributed by atoms with E-state index in [1.54, 1.807) is 35.2 Å². The van der Waals surface area contributed by atoms with E-state index in [1.807, 2.05) is 6.07 Å². The van der Waals surface area contributed by atoms with Crippen LogP contribution in [0, 0.1) is 5.82 Å². The molecule has 10 heteroatoms. The van der Waals surface area contributed by atoms with Gasteiger partial charge in [-0.1, -0.05) is 6.07 Å². The Morgan fingerprint density at radius 3 is 2.62 bits per heavy atom. The summed E-state index contributed by atoms with van der Waals surface area (Å²) in [5.41, 5.74) is 0.910. The van der Waals surface area contributed by atoms with Crippen LogP contribution in [0.25, 0.3) is 0 Å². The van der Waals surface area contributed by atoms with Crippen molar-refractivity contribution in [2.24, 2.45) is 4.99 Å². The summed E-state index contributed by atoms with van der Waals surface area (Å²) in [6.07, 6.45) is 1.81. The van der Waals surface area contributed by atoms with Gasteiger partial charge < -0.3 is 15.5 Å². The van der Waals surface area contributed by atoms with Gasteiger partial charge in [-0.25, -0.2) is 17.1 Å². The van der Waals surface area contributed by atoms with E-state index in [2.05, 4.69) is 20.5 Å². The van der Waals surface area contributed by atoms with E-state index in [1.165, 1.54) is 6.07 Å². The number of sulfonamides is 1. The summed E-state index contributed by atoms with van der Waals surface area (Å²) in [6, 6.07) is 6.94. The molecule has 0 spiro atoms. The molecule has 162 valence electrons. The van der Waals surface area contributed by atoms with Crippen LogP contribution in [0.4, 0.5) is 10.1 Å². The van der Waals surface area contributed by atoms with E-state index in [4.69, 9.17) is 0 Å². The molecule has 2 heterocycles. The number of hydrogen-bond acceptors (Lipinski definition) is 5. The maximum atomic E-state index is 13.4. The van der Waals surface area contributed by atoms with Gasteiger partial charge in [0.2, 0.25) is 10.0 Å².